The van der Waals surface area contributed by atoms with Crippen molar-refractivity contribution in [1.82, 2.24) is 4.31 Å². The Balaban J connectivity index is 1.58. The highest BCUT2D eigenvalue weighted by Gasteiger charge is 2.26. The summed E-state index contributed by atoms with van der Waals surface area (Å²) in [4.78, 5) is 4.66. The number of hydrogen-bond donors (Lipinski definition) is 0. The maximum atomic E-state index is 13.5. The van der Waals surface area contributed by atoms with Gasteiger partial charge in [0.2, 0.25) is 10.0 Å². The molecular weight excluding hydrogens is 468 g/mol. The number of benzene rings is 3. The summed E-state index contributed by atoms with van der Waals surface area (Å²) in [5.74, 6) is 1.05. The molecule has 34 heavy (non-hydrogen) atoms. The molecule has 4 rings (SSSR count). The van der Waals surface area contributed by atoms with E-state index in [1.165, 1.54) is 4.31 Å². The molecule has 0 atom stereocenters. The van der Waals surface area contributed by atoms with Crippen LogP contribution in [0.5, 0.6) is 0 Å². The van der Waals surface area contributed by atoms with E-state index in [1.807, 2.05) is 56.3 Å². The van der Waals surface area contributed by atoms with E-state index in [0.717, 1.165) is 16.7 Å². The van der Waals surface area contributed by atoms with Crippen molar-refractivity contribution in [3.8, 4) is 0 Å². The second-order valence-corrected chi connectivity index (χ2v) is 10.4. The first-order chi connectivity index (χ1) is 16.3. The van der Waals surface area contributed by atoms with Crippen molar-refractivity contribution < 1.29 is 12.8 Å². The number of aliphatic imine (C=N–C) groups is 1. The molecule has 3 aromatic carbocycles. The highest BCUT2D eigenvalue weighted by Crippen LogP contribution is 2.24. The predicted molar refractivity (Wildman–Crippen MR) is 136 cm³/mol. The number of rotatable bonds is 8. The molecule has 0 bridgehead atoms. The van der Waals surface area contributed by atoms with E-state index in [2.05, 4.69) is 4.99 Å². The standard InChI is InChI=1S/C27H25ClN2O3S/c1-20-8-14-26(15-9-20)34(31,32)30(18-22-6-4-3-5-7-22)19-25-13-12-24(33-25)17-29-23-11-10-21(2)27(28)16-23/h3-17H,18-19H2,1-2H3. The Morgan fingerprint density at radius 1 is 0.912 bits per heavy atom. The van der Waals surface area contributed by atoms with Gasteiger partial charge in [0.05, 0.1) is 23.3 Å². The molecular formula is C27H25ClN2O3S. The lowest BCUT2D eigenvalue weighted by molar-refractivity contribution is 0.357. The van der Waals surface area contributed by atoms with Crippen LogP contribution in [0.2, 0.25) is 5.02 Å². The van der Waals surface area contributed by atoms with Gasteiger partial charge in [-0.3, -0.25) is 4.99 Å². The van der Waals surface area contributed by atoms with E-state index in [1.54, 1.807) is 48.7 Å². The number of sulfonamides is 1. The largest absolute Gasteiger partial charge is 0.459 e. The third kappa shape index (κ3) is 5.83. The van der Waals surface area contributed by atoms with Gasteiger partial charge in [0, 0.05) is 11.6 Å². The summed E-state index contributed by atoms with van der Waals surface area (Å²) in [5.41, 5.74) is 3.58. The summed E-state index contributed by atoms with van der Waals surface area (Å²) in [6, 6.07) is 25.5. The van der Waals surface area contributed by atoms with Crippen LogP contribution >= 0.6 is 11.6 Å². The number of nitrogens with zero attached hydrogens (tertiary/aromatic N) is 2. The SMILES string of the molecule is Cc1ccc(S(=O)(=O)N(Cc2ccccc2)Cc2ccc(C=Nc3ccc(C)c(Cl)c3)o2)cc1. The lowest BCUT2D eigenvalue weighted by Crippen LogP contribution is -2.30. The van der Waals surface area contributed by atoms with Crippen molar-refractivity contribution >= 4 is 33.5 Å². The molecule has 0 aliphatic heterocycles. The van der Waals surface area contributed by atoms with Gasteiger partial charge in [0.25, 0.3) is 0 Å². The molecule has 7 heteroatoms. The predicted octanol–water partition coefficient (Wildman–Crippen LogP) is 6.69. The Bertz CT molecular complexity index is 1400. The molecule has 0 fully saturated rings. The van der Waals surface area contributed by atoms with Gasteiger partial charge in [-0.1, -0.05) is 65.7 Å². The van der Waals surface area contributed by atoms with Crippen LogP contribution in [0.3, 0.4) is 0 Å². The fraction of sp³-hybridized carbons (Fsp3) is 0.148. The highest BCUT2D eigenvalue weighted by molar-refractivity contribution is 7.89. The summed E-state index contributed by atoms with van der Waals surface area (Å²) in [7, 11) is -3.74. The quantitative estimate of drug-likeness (QED) is 0.257. The zero-order valence-corrected chi connectivity index (χ0v) is 20.6. The molecule has 0 N–H and O–H groups in total. The van der Waals surface area contributed by atoms with E-state index in [4.69, 9.17) is 16.0 Å². The fourth-order valence-electron chi connectivity index (χ4n) is 3.40. The second-order valence-electron chi connectivity index (χ2n) is 8.07. The number of aryl methyl sites for hydroxylation is 2. The number of furan rings is 1. The molecule has 1 heterocycles. The minimum atomic E-state index is -3.74. The lowest BCUT2D eigenvalue weighted by Gasteiger charge is -2.21. The lowest BCUT2D eigenvalue weighted by atomic mass is 10.2. The summed E-state index contributed by atoms with van der Waals surface area (Å²) < 4.78 is 34.3. The van der Waals surface area contributed by atoms with Crippen molar-refractivity contribution in [2.75, 3.05) is 0 Å². The molecule has 1 aromatic heterocycles. The zero-order valence-electron chi connectivity index (χ0n) is 19.0. The Hall–Kier alpha value is -3.19. The molecule has 0 aliphatic carbocycles. The average Bonchev–Trinajstić information content (AvgIpc) is 3.28. The molecule has 0 saturated carbocycles. The van der Waals surface area contributed by atoms with Crippen LogP contribution in [0.25, 0.3) is 0 Å². The average molecular weight is 493 g/mol. The highest BCUT2D eigenvalue weighted by atomic mass is 35.5. The molecule has 0 unspecified atom stereocenters. The third-order valence-corrected chi connectivity index (χ3v) is 7.58. The van der Waals surface area contributed by atoms with Crippen LogP contribution in [0.15, 0.2) is 99.2 Å². The van der Waals surface area contributed by atoms with Crippen molar-refractivity contribution in [3.63, 3.8) is 0 Å². The van der Waals surface area contributed by atoms with Crippen LogP contribution in [0.4, 0.5) is 5.69 Å². The molecule has 0 aliphatic rings. The molecule has 0 amide bonds. The van der Waals surface area contributed by atoms with Crippen molar-refractivity contribution in [3.05, 3.63) is 118 Å². The maximum absolute atomic E-state index is 13.5. The molecule has 0 spiro atoms. The monoisotopic (exact) mass is 492 g/mol. The molecule has 174 valence electrons. The smallest absolute Gasteiger partial charge is 0.243 e. The van der Waals surface area contributed by atoms with Crippen molar-refractivity contribution in [1.29, 1.82) is 0 Å². The van der Waals surface area contributed by atoms with Gasteiger partial charge in [-0.2, -0.15) is 4.31 Å². The van der Waals surface area contributed by atoms with Gasteiger partial charge in [-0.15, -0.1) is 0 Å². The second kappa shape index (κ2) is 10.4. The van der Waals surface area contributed by atoms with E-state index in [9.17, 15) is 8.42 Å². The van der Waals surface area contributed by atoms with Gasteiger partial charge in [-0.05, 0) is 61.4 Å². The van der Waals surface area contributed by atoms with Crippen LogP contribution < -0.4 is 0 Å². The first-order valence-electron chi connectivity index (χ1n) is 10.8. The van der Waals surface area contributed by atoms with Gasteiger partial charge < -0.3 is 4.42 Å². The summed E-state index contributed by atoms with van der Waals surface area (Å²) in [6.07, 6.45) is 1.60. The normalized spacial score (nSPS) is 12.0. The molecule has 4 aromatic rings. The molecule has 0 radical (unpaired) electrons. The zero-order chi connectivity index (χ0) is 24.1. The van der Waals surface area contributed by atoms with Crippen molar-refractivity contribution in [2.24, 2.45) is 4.99 Å². The Labute approximate surface area is 205 Å². The van der Waals surface area contributed by atoms with Gasteiger partial charge in [0.1, 0.15) is 11.5 Å². The van der Waals surface area contributed by atoms with Crippen LogP contribution in [-0.2, 0) is 23.1 Å². The summed E-state index contributed by atoms with van der Waals surface area (Å²) >= 11 is 6.17. The van der Waals surface area contributed by atoms with E-state index < -0.39 is 10.0 Å². The molecule has 0 saturated heterocycles. The van der Waals surface area contributed by atoms with Gasteiger partial charge >= 0.3 is 0 Å². The van der Waals surface area contributed by atoms with Gasteiger partial charge in [0.15, 0.2) is 0 Å². The first-order valence-corrected chi connectivity index (χ1v) is 12.6. The number of halogens is 1. The molecule has 5 nitrogen and oxygen atoms in total. The topological polar surface area (TPSA) is 62.9 Å². The summed E-state index contributed by atoms with van der Waals surface area (Å²) in [6.45, 7) is 4.17. The number of hydrogen-bond acceptors (Lipinski definition) is 4. The van der Waals surface area contributed by atoms with Crippen LogP contribution in [0.1, 0.15) is 28.2 Å². The third-order valence-electron chi connectivity index (χ3n) is 5.37. The van der Waals surface area contributed by atoms with Gasteiger partial charge in [-0.25, -0.2) is 8.42 Å². The Kier molecular flexibility index (Phi) is 7.32. The first kappa shape index (κ1) is 24.0. The van der Waals surface area contributed by atoms with E-state index in [0.29, 0.717) is 22.2 Å². The minimum absolute atomic E-state index is 0.0926. The fourth-order valence-corrected chi connectivity index (χ4v) is 4.96. The maximum Gasteiger partial charge on any atom is 0.243 e. The minimum Gasteiger partial charge on any atom is -0.459 e. The Morgan fingerprint density at radius 3 is 2.35 bits per heavy atom. The Morgan fingerprint density at radius 2 is 1.65 bits per heavy atom. The van der Waals surface area contributed by atoms with E-state index >= 15 is 0 Å². The van der Waals surface area contributed by atoms with Crippen LogP contribution in [0, 0.1) is 13.8 Å². The van der Waals surface area contributed by atoms with E-state index in [-0.39, 0.29) is 18.0 Å². The van der Waals surface area contributed by atoms with Crippen molar-refractivity contribution in [2.45, 2.75) is 31.8 Å². The van der Waals surface area contributed by atoms with Crippen LogP contribution in [-0.4, -0.2) is 18.9 Å². The summed E-state index contributed by atoms with van der Waals surface area (Å²) in [5, 5.41) is 0.646.